The summed E-state index contributed by atoms with van der Waals surface area (Å²) >= 11 is 0. The van der Waals surface area contributed by atoms with Crippen molar-refractivity contribution in [3.63, 3.8) is 0 Å². The van der Waals surface area contributed by atoms with Gasteiger partial charge in [0.05, 0.1) is 13.1 Å². The van der Waals surface area contributed by atoms with Crippen molar-refractivity contribution in [2.24, 2.45) is 10.2 Å². The number of hydrogen-bond donors (Lipinski definition) is 0. The van der Waals surface area contributed by atoms with Gasteiger partial charge in [-0.15, -0.1) is 0 Å². The zero-order valence-electron chi connectivity index (χ0n) is 7.41. The number of hydrogen-bond acceptors (Lipinski definition) is 4. The monoisotopic (exact) mass is 186 g/mol. The fourth-order valence-electron chi connectivity index (χ4n) is 0.670. The molecule has 0 aliphatic heterocycles. The van der Waals surface area contributed by atoms with Crippen molar-refractivity contribution in [2.45, 2.75) is 5.79 Å². The van der Waals surface area contributed by atoms with Crippen LogP contribution in [0.25, 0.3) is 20.9 Å². The highest BCUT2D eigenvalue weighted by molar-refractivity contribution is 4.75. The zero-order valence-corrected chi connectivity index (χ0v) is 7.41. The summed E-state index contributed by atoms with van der Waals surface area (Å²) in [4.78, 5) is 5.11. The van der Waals surface area contributed by atoms with Gasteiger partial charge >= 0.3 is 0 Å². The SMILES string of the molecule is COC(CN=[N+]=[N-])(CN=[N+]=[N-])OC. The Morgan fingerprint density at radius 2 is 1.46 bits per heavy atom. The van der Waals surface area contributed by atoms with Gasteiger partial charge in [0.2, 0.25) is 0 Å². The smallest absolute Gasteiger partial charge is 0.178 e. The minimum atomic E-state index is -1.15. The van der Waals surface area contributed by atoms with Crippen LogP contribution < -0.4 is 0 Å². The Morgan fingerprint density at radius 3 is 1.69 bits per heavy atom. The Kier molecular flexibility index (Phi) is 5.42. The fraction of sp³-hybridized carbons (Fsp3) is 1.00. The Hall–Kier alpha value is -1.46. The third-order valence-electron chi connectivity index (χ3n) is 1.49. The third kappa shape index (κ3) is 3.64. The first-order valence-corrected chi connectivity index (χ1v) is 3.36. The molecule has 0 aromatic heterocycles. The van der Waals surface area contributed by atoms with Crippen molar-refractivity contribution in [2.75, 3.05) is 27.3 Å². The molecule has 0 aromatic carbocycles. The molecule has 0 amide bonds. The number of nitrogens with zero attached hydrogens (tertiary/aromatic N) is 6. The van der Waals surface area contributed by atoms with Gasteiger partial charge in [0.1, 0.15) is 0 Å². The van der Waals surface area contributed by atoms with E-state index in [0.717, 1.165) is 0 Å². The second-order valence-electron chi connectivity index (χ2n) is 2.10. The normalized spacial score (nSPS) is 10.0. The van der Waals surface area contributed by atoms with Gasteiger partial charge in [-0.05, 0) is 11.1 Å². The van der Waals surface area contributed by atoms with Gasteiger partial charge < -0.3 is 9.47 Å². The summed E-state index contributed by atoms with van der Waals surface area (Å²) in [6.45, 7) is -0.0922. The predicted octanol–water partition coefficient (Wildman–Crippen LogP) is 1.60. The largest absolute Gasteiger partial charge is 0.353 e. The Labute approximate surface area is 74.7 Å². The van der Waals surface area contributed by atoms with Crippen molar-refractivity contribution in [3.8, 4) is 0 Å². The summed E-state index contributed by atoms with van der Waals surface area (Å²) in [7, 11) is 2.76. The molecule has 13 heavy (non-hydrogen) atoms. The molecular formula is C5H10N6O2. The summed E-state index contributed by atoms with van der Waals surface area (Å²) in [5.41, 5.74) is 16.2. The lowest BCUT2D eigenvalue weighted by Crippen LogP contribution is -2.40. The number of ether oxygens (including phenoxy) is 2. The first-order valence-electron chi connectivity index (χ1n) is 3.36. The standard InChI is InChI=1S/C5H10N6O2/c1-12-5(13-2,3-8-10-6)4-9-11-7/h3-4H2,1-2H3. The molecule has 0 saturated heterocycles. The van der Waals surface area contributed by atoms with Crippen LogP contribution in [-0.4, -0.2) is 33.1 Å². The van der Waals surface area contributed by atoms with E-state index in [0.29, 0.717) is 0 Å². The molecule has 0 aliphatic rings. The molecule has 0 radical (unpaired) electrons. The van der Waals surface area contributed by atoms with Crippen molar-refractivity contribution in [1.82, 2.24) is 0 Å². The molecule has 0 rings (SSSR count). The van der Waals surface area contributed by atoms with Crippen LogP contribution >= 0.6 is 0 Å². The second-order valence-corrected chi connectivity index (χ2v) is 2.10. The first-order chi connectivity index (χ1) is 6.24. The van der Waals surface area contributed by atoms with Crippen LogP contribution in [0.2, 0.25) is 0 Å². The molecule has 0 saturated carbocycles. The van der Waals surface area contributed by atoms with Crippen molar-refractivity contribution in [1.29, 1.82) is 0 Å². The van der Waals surface area contributed by atoms with Gasteiger partial charge in [0.25, 0.3) is 0 Å². The molecule has 72 valence electrons. The van der Waals surface area contributed by atoms with Crippen LogP contribution in [0.15, 0.2) is 10.2 Å². The highest BCUT2D eigenvalue weighted by atomic mass is 16.7. The summed E-state index contributed by atoms with van der Waals surface area (Å²) in [6, 6.07) is 0. The van der Waals surface area contributed by atoms with Crippen molar-refractivity contribution in [3.05, 3.63) is 20.9 Å². The predicted molar refractivity (Wildman–Crippen MR) is 44.8 cm³/mol. The molecule has 8 nitrogen and oxygen atoms in total. The van der Waals surface area contributed by atoms with Crippen LogP contribution in [0, 0.1) is 0 Å². The second kappa shape index (κ2) is 6.10. The molecule has 0 heterocycles. The van der Waals surface area contributed by atoms with Crippen LogP contribution in [0.3, 0.4) is 0 Å². The summed E-state index contributed by atoms with van der Waals surface area (Å²) in [5.74, 6) is -1.15. The fourth-order valence-corrected chi connectivity index (χ4v) is 0.670. The van der Waals surface area contributed by atoms with E-state index in [1.165, 1.54) is 14.2 Å². The van der Waals surface area contributed by atoms with E-state index in [1.54, 1.807) is 0 Å². The average Bonchev–Trinajstić information content (AvgIpc) is 2.20. The van der Waals surface area contributed by atoms with E-state index in [4.69, 9.17) is 20.5 Å². The Bertz CT molecular complexity index is 215. The lowest BCUT2D eigenvalue weighted by molar-refractivity contribution is -0.190. The number of azide groups is 2. The molecule has 0 bridgehead atoms. The van der Waals surface area contributed by atoms with Gasteiger partial charge in [0.15, 0.2) is 5.79 Å². The van der Waals surface area contributed by atoms with Gasteiger partial charge in [-0.3, -0.25) is 0 Å². The maximum atomic E-state index is 8.09. The maximum absolute atomic E-state index is 8.09. The van der Waals surface area contributed by atoms with Crippen LogP contribution in [0.1, 0.15) is 0 Å². The summed E-state index contributed by atoms with van der Waals surface area (Å²) in [5, 5.41) is 6.57. The highest BCUT2D eigenvalue weighted by Crippen LogP contribution is 2.12. The van der Waals surface area contributed by atoms with Gasteiger partial charge in [-0.25, -0.2) is 0 Å². The van der Waals surface area contributed by atoms with Crippen LogP contribution in [0.4, 0.5) is 0 Å². The molecule has 8 heteroatoms. The Morgan fingerprint density at radius 1 is 1.08 bits per heavy atom. The van der Waals surface area contributed by atoms with E-state index in [2.05, 4.69) is 20.1 Å². The molecule has 0 spiro atoms. The third-order valence-corrected chi connectivity index (χ3v) is 1.49. The molecular weight excluding hydrogens is 176 g/mol. The van der Waals surface area contributed by atoms with Crippen LogP contribution in [0.5, 0.6) is 0 Å². The van der Waals surface area contributed by atoms with Gasteiger partial charge in [-0.1, -0.05) is 10.2 Å². The minimum Gasteiger partial charge on any atom is -0.353 e. The Balaban J connectivity index is 4.46. The maximum Gasteiger partial charge on any atom is 0.178 e. The van der Waals surface area contributed by atoms with E-state index < -0.39 is 5.79 Å². The lowest BCUT2D eigenvalue weighted by Gasteiger charge is -2.27. The highest BCUT2D eigenvalue weighted by Gasteiger charge is 2.27. The van der Waals surface area contributed by atoms with E-state index >= 15 is 0 Å². The number of rotatable bonds is 6. The van der Waals surface area contributed by atoms with E-state index in [1.807, 2.05) is 0 Å². The van der Waals surface area contributed by atoms with Gasteiger partial charge in [-0.2, -0.15) is 0 Å². The summed E-state index contributed by atoms with van der Waals surface area (Å²) in [6.07, 6.45) is 0. The topological polar surface area (TPSA) is 116 Å². The average molecular weight is 186 g/mol. The minimum absolute atomic E-state index is 0.0461. The van der Waals surface area contributed by atoms with Crippen molar-refractivity contribution >= 4 is 0 Å². The van der Waals surface area contributed by atoms with E-state index in [-0.39, 0.29) is 13.1 Å². The lowest BCUT2D eigenvalue weighted by atomic mass is 10.3. The van der Waals surface area contributed by atoms with Gasteiger partial charge in [0, 0.05) is 24.0 Å². The molecule has 0 aliphatic carbocycles. The molecule has 0 fully saturated rings. The van der Waals surface area contributed by atoms with Crippen molar-refractivity contribution < 1.29 is 9.47 Å². The van der Waals surface area contributed by atoms with E-state index in [9.17, 15) is 0 Å². The molecule has 0 unspecified atom stereocenters. The summed E-state index contributed by atoms with van der Waals surface area (Å²) < 4.78 is 9.88. The quantitative estimate of drug-likeness (QED) is 0.271. The molecule has 0 aromatic rings. The number of methoxy groups -OCH3 is 2. The zero-order chi connectivity index (χ0) is 10.2. The van der Waals surface area contributed by atoms with Crippen LogP contribution in [-0.2, 0) is 9.47 Å². The molecule has 0 N–H and O–H groups in total. The molecule has 0 atom stereocenters. The first kappa shape index (κ1) is 11.5.